The molecule has 3 aromatic rings. The Labute approximate surface area is 215 Å². The SMILES string of the molecule is CC(O)(CCOc1ccc(-c2cc(COc3cc4c(cn3)C3CC3C4)c(F)cc2C(F)(F)F)cc1)C(F)F. The summed E-state index contributed by atoms with van der Waals surface area (Å²) >= 11 is 0. The van der Waals surface area contributed by atoms with Crippen LogP contribution in [-0.4, -0.2) is 28.7 Å². The molecule has 0 aliphatic heterocycles. The summed E-state index contributed by atoms with van der Waals surface area (Å²) in [7, 11) is 0. The summed E-state index contributed by atoms with van der Waals surface area (Å²) in [4.78, 5) is 4.27. The van der Waals surface area contributed by atoms with Gasteiger partial charge in [-0.1, -0.05) is 12.1 Å². The first kappa shape index (κ1) is 26.3. The van der Waals surface area contributed by atoms with Crippen LogP contribution >= 0.6 is 0 Å². The van der Waals surface area contributed by atoms with Gasteiger partial charge < -0.3 is 14.6 Å². The summed E-state index contributed by atoms with van der Waals surface area (Å²) in [5.74, 6) is 0.679. The van der Waals surface area contributed by atoms with Gasteiger partial charge in [0.2, 0.25) is 5.88 Å². The average Bonchev–Trinajstić information content (AvgIpc) is 3.53. The van der Waals surface area contributed by atoms with Gasteiger partial charge in [0.05, 0.1) is 12.2 Å². The van der Waals surface area contributed by atoms with E-state index in [1.165, 1.54) is 36.2 Å². The highest BCUT2D eigenvalue weighted by atomic mass is 19.4. The van der Waals surface area contributed by atoms with Gasteiger partial charge in [0.1, 0.15) is 23.8 Å². The number of rotatable bonds is 9. The average molecular weight is 538 g/mol. The number of pyridine rings is 1. The van der Waals surface area contributed by atoms with Crippen LogP contribution in [0.2, 0.25) is 0 Å². The van der Waals surface area contributed by atoms with E-state index in [0.717, 1.165) is 25.0 Å². The molecule has 2 aromatic carbocycles. The summed E-state index contributed by atoms with van der Waals surface area (Å²) < 4.78 is 92.5. The van der Waals surface area contributed by atoms with E-state index in [0.29, 0.717) is 23.8 Å². The van der Waals surface area contributed by atoms with Crippen molar-refractivity contribution < 1.29 is 40.9 Å². The number of ether oxygens (including phenoxy) is 2. The zero-order valence-corrected chi connectivity index (χ0v) is 20.4. The molecule has 3 unspecified atom stereocenters. The number of benzene rings is 2. The smallest absolute Gasteiger partial charge is 0.417 e. The van der Waals surface area contributed by atoms with Crippen LogP contribution in [-0.2, 0) is 19.2 Å². The Morgan fingerprint density at radius 1 is 1.08 bits per heavy atom. The fourth-order valence-electron chi connectivity index (χ4n) is 4.78. The van der Waals surface area contributed by atoms with E-state index < -0.39 is 29.6 Å². The van der Waals surface area contributed by atoms with Crippen LogP contribution in [0, 0.1) is 11.7 Å². The van der Waals surface area contributed by atoms with Crippen LogP contribution in [0.15, 0.2) is 48.7 Å². The summed E-state index contributed by atoms with van der Waals surface area (Å²) in [6.07, 6.45) is -4.23. The lowest BCUT2D eigenvalue weighted by Crippen LogP contribution is -2.35. The predicted octanol–water partition coefficient (Wildman–Crippen LogP) is 6.93. The lowest BCUT2D eigenvalue weighted by Gasteiger charge is -2.22. The minimum atomic E-state index is -4.81. The maximum Gasteiger partial charge on any atom is 0.417 e. The molecule has 1 saturated carbocycles. The third-order valence-electron chi connectivity index (χ3n) is 7.18. The number of hydrogen-bond donors (Lipinski definition) is 1. The predicted molar refractivity (Wildman–Crippen MR) is 127 cm³/mol. The molecule has 1 fully saturated rings. The van der Waals surface area contributed by atoms with Crippen molar-refractivity contribution in [2.75, 3.05) is 6.61 Å². The van der Waals surface area contributed by atoms with E-state index in [2.05, 4.69) is 4.98 Å². The van der Waals surface area contributed by atoms with Gasteiger partial charge >= 0.3 is 6.18 Å². The number of halogens is 6. The molecule has 1 N–H and O–H groups in total. The molecular formula is C28H25F6NO3. The van der Waals surface area contributed by atoms with Gasteiger partial charge in [-0.05, 0) is 78.1 Å². The number of fused-ring (bicyclic) bond motifs is 3. The van der Waals surface area contributed by atoms with E-state index in [1.807, 2.05) is 6.07 Å². The van der Waals surface area contributed by atoms with Crippen molar-refractivity contribution in [1.82, 2.24) is 4.98 Å². The van der Waals surface area contributed by atoms with Gasteiger partial charge in [-0.15, -0.1) is 0 Å². The second-order valence-electron chi connectivity index (χ2n) is 10.1. The lowest BCUT2D eigenvalue weighted by molar-refractivity contribution is -0.137. The molecule has 5 rings (SSSR count). The first-order valence-corrected chi connectivity index (χ1v) is 12.2. The molecule has 0 spiro atoms. The minimum Gasteiger partial charge on any atom is -0.493 e. The number of alkyl halides is 5. The fourth-order valence-corrected chi connectivity index (χ4v) is 4.78. The second kappa shape index (κ2) is 9.80. The van der Waals surface area contributed by atoms with Gasteiger partial charge in [0, 0.05) is 24.2 Å². The zero-order valence-electron chi connectivity index (χ0n) is 20.4. The van der Waals surface area contributed by atoms with E-state index in [4.69, 9.17) is 9.47 Å². The van der Waals surface area contributed by atoms with E-state index >= 15 is 0 Å². The van der Waals surface area contributed by atoms with E-state index in [1.54, 1.807) is 6.20 Å². The number of hydrogen-bond acceptors (Lipinski definition) is 4. The highest BCUT2D eigenvalue weighted by Crippen LogP contribution is 2.56. The number of nitrogens with zero attached hydrogens (tertiary/aromatic N) is 1. The highest BCUT2D eigenvalue weighted by Gasteiger charge is 2.45. The molecule has 2 aliphatic carbocycles. The first-order valence-electron chi connectivity index (χ1n) is 12.2. The maximum absolute atomic E-state index is 14.7. The van der Waals surface area contributed by atoms with Crippen LogP contribution in [0.1, 0.15) is 47.9 Å². The fraction of sp³-hybridized carbons (Fsp3) is 0.393. The second-order valence-corrected chi connectivity index (χ2v) is 10.1. The van der Waals surface area contributed by atoms with Gasteiger partial charge in [-0.3, -0.25) is 0 Å². The summed E-state index contributed by atoms with van der Waals surface area (Å²) in [6.45, 7) is 0.461. The van der Waals surface area contributed by atoms with Crippen molar-refractivity contribution in [3.63, 3.8) is 0 Å². The Kier molecular flexibility index (Phi) is 6.79. The molecule has 0 saturated heterocycles. The van der Waals surface area contributed by atoms with Crippen molar-refractivity contribution in [2.45, 2.75) is 56.9 Å². The lowest BCUT2D eigenvalue weighted by atomic mass is 9.96. The quantitative estimate of drug-likeness (QED) is 0.301. The van der Waals surface area contributed by atoms with Crippen LogP contribution < -0.4 is 9.47 Å². The van der Waals surface area contributed by atoms with Gasteiger partial charge in [0.15, 0.2) is 0 Å². The standard InChI is InChI=1S/C28H25F6NO3/c1-27(36,26(30)31)6-7-37-19-4-2-15(3-5-19)21-10-18(24(29)12-23(21)28(32,33)34)14-38-25-11-17-8-16-9-20(16)22(17)13-35-25/h2-5,10-13,16,20,26,36H,6-9,14H2,1H3. The minimum absolute atomic E-state index is 0.0623. The molecule has 10 heteroatoms. The largest absolute Gasteiger partial charge is 0.493 e. The monoisotopic (exact) mass is 537 g/mol. The zero-order chi connectivity index (χ0) is 27.2. The summed E-state index contributed by atoms with van der Waals surface area (Å²) in [6, 6.07) is 8.85. The molecular weight excluding hydrogens is 512 g/mol. The molecule has 3 atom stereocenters. The highest BCUT2D eigenvalue weighted by molar-refractivity contribution is 5.69. The van der Waals surface area contributed by atoms with Crippen molar-refractivity contribution >= 4 is 0 Å². The third kappa shape index (κ3) is 5.45. The molecule has 0 bridgehead atoms. The molecule has 4 nitrogen and oxygen atoms in total. The normalized spacial score (nSPS) is 19.6. The summed E-state index contributed by atoms with van der Waals surface area (Å²) in [5, 5.41) is 9.61. The number of aromatic nitrogens is 1. The molecule has 1 heterocycles. The van der Waals surface area contributed by atoms with Gasteiger partial charge in [-0.2, -0.15) is 13.2 Å². The molecule has 202 valence electrons. The van der Waals surface area contributed by atoms with Gasteiger partial charge in [-0.25, -0.2) is 18.2 Å². The van der Waals surface area contributed by atoms with Gasteiger partial charge in [0.25, 0.3) is 6.43 Å². The van der Waals surface area contributed by atoms with Crippen molar-refractivity contribution in [3.8, 4) is 22.8 Å². The van der Waals surface area contributed by atoms with Crippen LogP contribution in [0.4, 0.5) is 26.3 Å². The molecule has 1 aromatic heterocycles. The first-order chi connectivity index (χ1) is 17.9. The molecule has 38 heavy (non-hydrogen) atoms. The maximum atomic E-state index is 14.7. The van der Waals surface area contributed by atoms with Crippen LogP contribution in [0.25, 0.3) is 11.1 Å². The van der Waals surface area contributed by atoms with Crippen molar-refractivity contribution in [3.05, 3.63) is 76.7 Å². The Morgan fingerprint density at radius 3 is 2.50 bits per heavy atom. The summed E-state index contributed by atoms with van der Waals surface area (Å²) in [5.41, 5.74) is -1.17. The Bertz CT molecular complexity index is 1320. The Balaban J connectivity index is 1.33. The Morgan fingerprint density at radius 2 is 1.82 bits per heavy atom. The molecule has 2 aliphatic rings. The third-order valence-corrected chi connectivity index (χ3v) is 7.18. The van der Waals surface area contributed by atoms with E-state index in [-0.39, 0.29) is 42.1 Å². The van der Waals surface area contributed by atoms with Crippen molar-refractivity contribution in [1.29, 1.82) is 0 Å². The van der Waals surface area contributed by atoms with Crippen molar-refractivity contribution in [2.24, 2.45) is 5.92 Å². The molecule has 0 radical (unpaired) electrons. The van der Waals surface area contributed by atoms with E-state index in [9.17, 15) is 31.4 Å². The molecule has 0 amide bonds. The van der Waals surface area contributed by atoms with Crippen LogP contribution in [0.5, 0.6) is 11.6 Å². The number of aliphatic hydroxyl groups is 1. The Hall–Kier alpha value is -3.27. The van der Waals surface area contributed by atoms with Crippen LogP contribution in [0.3, 0.4) is 0 Å². The topological polar surface area (TPSA) is 51.6 Å².